The van der Waals surface area contributed by atoms with E-state index >= 15 is 0 Å². The molecule has 1 saturated heterocycles. The van der Waals surface area contributed by atoms with E-state index in [2.05, 4.69) is 22.4 Å². The van der Waals surface area contributed by atoms with Crippen LogP contribution >= 0.6 is 12.2 Å². The summed E-state index contributed by atoms with van der Waals surface area (Å²) >= 11 is 4.57. The van der Waals surface area contributed by atoms with Gasteiger partial charge < -0.3 is 14.0 Å². The van der Waals surface area contributed by atoms with Crippen LogP contribution < -0.4 is 5.56 Å². The Morgan fingerprint density at radius 1 is 1.63 bits per heavy atom. The molecule has 0 amide bonds. The van der Waals surface area contributed by atoms with Gasteiger partial charge >= 0.3 is 0 Å². The van der Waals surface area contributed by atoms with Gasteiger partial charge in [0, 0.05) is 19.9 Å². The molecule has 1 aliphatic rings. The molecule has 2 rings (SSSR count). The minimum absolute atomic E-state index is 0.0300. The van der Waals surface area contributed by atoms with Gasteiger partial charge in [-0.3, -0.25) is 4.79 Å². The van der Waals surface area contributed by atoms with Crippen LogP contribution in [-0.2, 0) is 9.47 Å². The standard InChI is InChI=1S/C13H16N2O3S/c1-9-5-10(14-8-19)13(16)15(6-9)11-7-18-4-3-12(11)17-2/h5-6,11-12H,3-4,7H2,1-2H3/t11?,12-/m1/s1. The molecule has 0 radical (unpaired) electrons. The maximum Gasteiger partial charge on any atom is 0.277 e. The van der Waals surface area contributed by atoms with Crippen LogP contribution in [0.3, 0.4) is 0 Å². The number of aliphatic imine (C=N–C) groups is 1. The van der Waals surface area contributed by atoms with Gasteiger partial charge in [0.1, 0.15) is 5.69 Å². The van der Waals surface area contributed by atoms with Crippen LogP contribution in [-0.4, -0.2) is 36.2 Å². The zero-order valence-electron chi connectivity index (χ0n) is 11.0. The Labute approximate surface area is 116 Å². The number of methoxy groups -OCH3 is 1. The molecule has 1 fully saturated rings. The van der Waals surface area contributed by atoms with Crippen molar-refractivity contribution in [2.24, 2.45) is 4.99 Å². The molecule has 0 bridgehead atoms. The minimum atomic E-state index is -0.194. The Bertz CT molecular complexity index is 563. The van der Waals surface area contributed by atoms with E-state index in [1.807, 2.05) is 6.92 Å². The number of thiocarbonyl (C=S) groups is 1. The Balaban J connectivity index is 2.48. The highest BCUT2D eigenvalue weighted by Gasteiger charge is 2.28. The summed E-state index contributed by atoms with van der Waals surface area (Å²) in [5.41, 5.74) is 1.04. The van der Waals surface area contributed by atoms with Gasteiger partial charge in [-0.2, -0.15) is 4.99 Å². The Kier molecular flexibility index (Phi) is 4.61. The molecule has 1 aromatic rings. The van der Waals surface area contributed by atoms with Crippen LogP contribution in [0.1, 0.15) is 18.0 Å². The lowest BCUT2D eigenvalue weighted by atomic mass is 10.1. The van der Waals surface area contributed by atoms with Gasteiger partial charge in [-0.25, -0.2) is 0 Å². The summed E-state index contributed by atoms with van der Waals surface area (Å²) in [6.07, 6.45) is 2.54. The van der Waals surface area contributed by atoms with Crippen LogP contribution in [0.5, 0.6) is 0 Å². The SMILES string of the molecule is CO[C@@H]1CCOCC1n1cc(C)cc(N=C=S)c1=O. The van der Waals surface area contributed by atoms with Gasteiger partial charge in [0.05, 0.1) is 23.9 Å². The van der Waals surface area contributed by atoms with Crippen molar-refractivity contribution in [2.45, 2.75) is 25.5 Å². The smallest absolute Gasteiger partial charge is 0.277 e. The number of hydrogen-bond acceptors (Lipinski definition) is 5. The molecule has 0 aliphatic carbocycles. The topological polar surface area (TPSA) is 52.8 Å². The van der Waals surface area contributed by atoms with E-state index in [1.54, 1.807) is 23.9 Å². The fourth-order valence-corrected chi connectivity index (χ4v) is 2.44. The summed E-state index contributed by atoms with van der Waals surface area (Å²) < 4.78 is 12.5. The van der Waals surface area contributed by atoms with E-state index in [1.165, 1.54) is 0 Å². The largest absolute Gasteiger partial charge is 0.379 e. The zero-order chi connectivity index (χ0) is 13.8. The molecule has 1 aliphatic heterocycles. The molecule has 6 heteroatoms. The Morgan fingerprint density at radius 3 is 3.11 bits per heavy atom. The lowest BCUT2D eigenvalue weighted by Crippen LogP contribution is -2.40. The number of hydrogen-bond donors (Lipinski definition) is 0. The van der Waals surface area contributed by atoms with Crippen molar-refractivity contribution in [1.29, 1.82) is 0 Å². The summed E-state index contributed by atoms with van der Waals surface area (Å²) in [5, 5.41) is 2.24. The second-order valence-electron chi connectivity index (χ2n) is 4.52. The normalized spacial score (nSPS) is 22.8. The number of isothiocyanates is 1. The zero-order valence-corrected chi connectivity index (χ0v) is 11.8. The van der Waals surface area contributed by atoms with Gasteiger partial charge in [-0.15, -0.1) is 0 Å². The van der Waals surface area contributed by atoms with Crippen LogP contribution in [0.15, 0.2) is 22.1 Å². The maximum absolute atomic E-state index is 12.3. The average Bonchev–Trinajstić information content (AvgIpc) is 2.42. The summed E-state index contributed by atoms with van der Waals surface area (Å²) in [5.74, 6) is 0. The summed E-state index contributed by atoms with van der Waals surface area (Å²) in [6.45, 7) is 3.02. The van der Waals surface area contributed by atoms with Crippen LogP contribution in [0.4, 0.5) is 5.69 Å². The van der Waals surface area contributed by atoms with Crippen molar-refractivity contribution in [3.05, 3.63) is 28.2 Å². The molecule has 19 heavy (non-hydrogen) atoms. The van der Waals surface area contributed by atoms with Crippen LogP contribution in [0.25, 0.3) is 0 Å². The highest BCUT2D eigenvalue weighted by atomic mass is 32.1. The fourth-order valence-electron chi connectivity index (χ4n) is 2.34. The lowest BCUT2D eigenvalue weighted by molar-refractivity contribution is -0.0507. The molecule has 0 aromatic carbocycles. The Morgan fingerprint density at radius 2 is 2.42 bits per heavy atom. The first kappa shape index (κ1) is 14.1. The van der Waals surface area contributed by atoms with Gasteiger partial charge in [0.25, 0.3) is 5.56 Å². The molecule has 1 unspecified atom stereocenters. The predicted molar refractivity (Wildman–Crippen MR) is 75.4 cm³/mol. The molecule has 0 spiro atoms. The number of nitrogens with zero attached hydrogens (tertiary/aromatic N) is 2. The third-order valence-corrected chi connectivity index (χ3v) is 3.34. The molecule has 0 saturated carbocycles. The predicted octanol–water partition coefficient (Wildman–Crippen LogP) is 1.87. The van der Waals surface area contributed by atoms with E-state index in [-0.39, 0.29) is 17.7 Å². The second kappa shape index (κ2) is 6.21. The molecule has 2 heterocycles. The van der Waals surface area contributed by atoms with Crippen molar-refractivity contribution in [2.75, 3.05) is 20.3 Å². The lowest BCUT2D eigenvalue weighted by Gasteiger charge is -2.32. The monoisotopic (exact) mass is 280 g/mol. The van der Waals surface area contributed by atoms with Crippen molar-refractivity contribution in [3.63, 3.8) is 0 Å². The first-order valence-electron chi connectivity index (χ1n) is 6.08. The number of aromatic nitrogens is 1. The molecule has 2 atom stereocenters. The molecular formula is C13H16N2O3S. The number of aryl methyl sites for hydroxylation is 1. The fraction of sp³-hybridized carbons (Fsp3) is 0.538. The minimum Gasteiger partial charge on any atom is -0.379 e. The maximum atomic E-state index is 12.3. The highest BCUT2D eigenvalue weighted by Crippen LogP contribution is 2.22. The third-order valence-electron chi connectivity index (χ3n) is 3.25. The van der Waals surface area contributed by atoms with E-state index in [0.29, 0.717) is 18.9 Å². The van der Waals surface area contributed by atoms with E-state index in [0.717, 1.165) is 12.0 Å². The van der Waals surface area contributed by atoms with E-state index in [4.69, 9.17) is 9.47 Å². The van der Waals surface area contributed by atoms with Crippen molar-refractivity contribution in [1.82, 2.24) is 4.57 Å². The summed E-state index contributed by atoms with van der Waals surface area (Å²) in [7, 11) is 1.65. The third kappa shape index (κ3) is 2.98. The molecule has 102 valence electrons. The van der Waals surface area contributed by atoms with Crippen LogP contribution in [0, 0.1) is 6.92 Å². The number of pyridine rings is 1. The first-order chi connectivity index (χ1) is 9.17. The van der Waals surface area contributed by atoms with Gasteiger partial charge in [0.15, 0.2) is 0 Å². The average molecular weight is 280 g/mol. The molecular weight excluding hydrogens is 264 g/mol. The molecule has 5 nitrogen and oxygen atoms in total. The number of rotatable bonds is 3. The highest BCUT2D eigenvalue weighted by molar-refractivity contribution is 7.78. The quantitative estimate of drug-likeness (QED) is 0.626. The molecule has 0 N–H and O–H groups in total. The van der Waals surface area contributed by atoms with E-state index < -0.39 is 0 Å². The number of ether oxygens (including phenoxy) is 2. The van der Waals surface area contributed by atoms with Crippen molar-refractivity contribution < 1.29 is 9.47 Å². The van der Waals surface area contributed by atoms with E-state index in [9.17, 15) is 4.79 Å². The van der Waals surface area contributed by atoms with Gasteiger partial charge in [-0.05, 0) is 37.2 Å². The first-order valence-corrected chi connectivity index (χ1v) is 6.49. The summed E-state index contributed by atoms with van der Waals surface area (Å²) in [4.78, 5) is 16.2. The van der Waals surface area contributed by atoms with Crippen LogP contribution in [0.2, 0.25) is 0 Å². The summed E-state index contributed by atoms with van der Waals surface area (Å²) in [6, 6.07) is 1.56. The second-order valence-corrected chi connectivity index (χ2v) is 4.71. The van der Waals surface area contributed by atoms with Crippen molar-refractivity contribution >= 4 is 23.1 Å². The van der Waals surface area contributed by atoms with Gasteiger partial charge in [0.2, 0.25) is 0 Å². The van der Waals surface area contributed by atoms with Crippen molar-refractivity contribution in [3.8, 4) is 0 Å². The molecule has 1 aromatic heterocycles. The Hall–Kier alpha value is -1.33. The van der Waals surface area contributed by atoms with Gasteiger partial charge in [-0.1, -0.05) is 0 Å².